The summed E-state index contributed by atoms with van der Waals surface area (Å²) in [5.74, 6) is 0.974. The van der Waals surface area contributed by atoms with Crippen LogP contribution in [0.3, 0.4) is 0 Å². The predicted molar refractivity (Wildman–Crippen MR) is 73.1 cm³/mol. The highest BCUT2D eigenvalue weighted by molar-refractivity contribution is 5.33. The summed E-state index contributed by atoms with van der Waals surface area (Å²) in [5.41, 5.74) is 1.26. The van der Waals surface area contributed by atoms with Crippen LogP contribution in [0.25, 0.3) is 0 Å². The molecule has 2 rings (SSSR count). The highest BCUT2D eigenvalue weighted by Gasteiger charge is 2.25. The fourth-order valence-electron chi connectivity index (χ4n) is 2.58. The predicted octanol–water partition coefficient (Wildman–Crippen LogP) is 2.39. The van der Waals surface area contributed by atoms with Crippen molar-refractivity contribution in [3.8, 4) is 5.75 Å². The number of ether oxygens (including phenoxy) is 2. The number of benzene rings is 1. The molecule has 0 saturated carbocycles. The second-order valence-electron chi connectivity index (χ2n) is 5.05. The van der Waals surface area contributed by atoms with Crippen LogP contribution in [0.5, 0.6) is 5.75 Å². The normalized spacial score (nSPS) is 25.1. The van der Waals surface area contributed by atoms with E-state index in [4.69, 9.17) is 9.47 Å². The van der Waals surface area contributed by atoms with Crippen LogP contribution in [0.1, 0.15) is 25.8 Å². The van der Waals surface area contributed by atoms with Gasteiger partial charge in [0.15, 0.2) is 0 Å². The van der Waals surface area contributed by atoms with Crippen molar-refractivity contribution < 1.29 is 9.47 Å². The van der Waals surface area contributed by atoms with Gasteiger partial charge < -0.3 is 14.8 Å². The van der Waals surface area contributed by atoms with Gasteiger partial charge in [-0.3, -0.25) is 0 Å². The third-order valence-electron chi connectivity index (χ3n) is 3.59. The van der Waals surface area contributed by atoms with Crippen LogP contribution >= 0.6 is 0 Å². The fourth-order valence-corrected chi connectivity index (χ4v) is 2.58. The molecule has 3 unspecified atom stereocenters. The van der Waals surface area contributed by atoms with Gasteiger partial charge in [-0.1, -0.05) is 18.2 Å². The van der Waals surface area contributed by atoms with E-state index in [-0.39, 0.29) is 0 Å². The molecule has 3 nitrogen and oxygen atoms in total. The molecule has 0 spiro atoms. The van der Waals surface area contributed by atoms with Crippen LogP contribution in [0.4, 0.5) is 0 Å². The second kappa shape index (κ2) is 6.21. The van der Waals surface area contributed by atoms with E-state index < -0.39 is 0 Å². The Morgan fingerprint density at radius 2 is 2.22 bits per heavy atom. The summed E-state index contributed by atoms with van der Waals surface area (Å²) >= 11 is 0. The van der Waals surface area contributed by atoms with Gasteiger partial charge in [0.1, 0.15) is 5.75 Å². The Balaban J connectivity index is 1.92. The highest BCUT2D eigenvalue weighted by atomic mass is 16.5. The standard InChI is InChI=1S/C15H23NO2/c1-11(16-14-8-9-18-12(14)2)10-13-6-4-5-7-15(13)17-3/h4-7,11-12,14,16H,8-10H2,1-3H3. The van der Waals surface area contributed by atoms with Gasteiger partial charge in [0, 0.05) is 18.7 Å². The number of nitrogens with one attached hydrogen (secondary N) is 1. The molecule has 0 amide bonds. The molecule has 3 heteroatoms. The number of hydrogen-bond acceptors (Lipinski definition) is 3. The molecule has 1 aromatic carbocycles. The molecule has 1 N–H and O–H groups in total. The van der Waals surface area contributed by atoms with Gasteiger partial charge in [-0.2, -0.15) is 0 Å². The minimum absolute atomic E-state index is 0.324. The van der Waals surface area contributed by atoms with E-state index in [2.05, 4.69) is 31.3 Å². The number of rotatable bonds is 5. The Labute approximate surface area is 109 Å². The van der Waals surface area contributed by atoms with E-state index in [1.165, 1.54) is 5.56 Å². The zero-order chi connectivity index (χ0) is 13.0. The van der Waals surface area contributed by atoms with Gasteiger partial charge in [0.2, 0.25) is 0 Å². The molecule has 0 aromatic heterocycles. The van der Waals surface area contributed by atoms with Crippen molar-refractivity contribution in [2.45, 2.75) is 44.9 Å². The lowest BCUT2D eigenvalue weighted by atomic mass is 10.0. The van der Waals surface area contributed by atoms with Crippen LogP contribution in [-0.4, -0.2) is 31.9 Å². The molecule has 1 aliphatic rings. The summed E-state index contributed by atoms with van der Waals surface area (Å²) in [6, 6.07) is 9.12. The molecule has 0 radical (unpaired) electrons. The first-order chi connectivity index (χ1) is 8.70. The summed E-state index contributed by atoms with van der Waals surface area (Å²) < 4.78 is 11.0. The minimum atomic E-state index is 0.324. The lowest BCUT2D eigenvalue weighted by Crippen LogP contribution is -2.41. The Morgan fingerprint density at radius 1 is 1.44 bits per heavy atom. The van der Waals surface area contributed by atoms with Gasteiger partial charge in [-0.05, 0) is 38.3 Å². The minimum Gasteiger partial charge on any atom is -0.496 e. The topological polar surface area (TPSA) is 30.5 Å². The Morgan fingerprint density at radius 3 is 2.89 bits per heavy atom. The Kier molecular flexibility index (Phi) is 4.61. The lowest BCUT2D eigenvalue weighted by molar-refractivity contribution is 0.111. The van der Waals surface area contributed by atoms with Gasteiger partial charge >= 0.3 is 0 Å². The maximum Gasteiger partial charge on any atom is 0.122 e. The second-order valence-corrected chi connectivity index (χ2v) is 5.05. The summed E-state index contributed by atoms with van der Waals surface area (Å²) in [5, 5.41) is 3.65. The summed E-state index contributed by atoms with van der Waals surface area (Å²) in [4.78, 5) is 0. The van der Waals surface area contributed by atoms with Crippen LogP contribution < -0.4 is 10.1 Å². The first-order valence-corrected chi connectivity index (χ1v) is 6.70. The molecular weight excluding hydrogens is 226 g/mol. The molecule has 1 fully saturated rings. The molecule has 3 atom stereocenters. The SMILES string of the molecule is COc1ccccc1CC(C)NC1CCOC1C. The third kappa shape index (κ3) is 3.24. The maximum absolute atomic E-state index is 5.57. The number of para-hydroxylation sites is 1. The summed E-state index contributed by atoms with van der Waals surface area (Å²) in [7, 11) is 1.73. The van der Waals surface area contributed by atoms with Crippen molar-refractivity contribution in [2.24, 2.45) is 0 Å². The molecule has 100 valence electrons. The Bertz CT molecular complexity index is 381. The summed E-state index contributed by atoms with van der Waals surface area (Å²) in [6.07, 6.45) is 2.41. The van der Waals surface area contributed by atoms with Crippen molar-refractivity contribution >= 4 is 0 Å². The van der Waals surface area contributed by atoms with Gasteiger partial charge in [0.25, 0.3) is 0 Å². The molecule has 1 aromatic rings. The largest absolute Gasteiger partial charge is 0.496 e. The fraction of sp³-hybridized carbons (Fsp3) is 0.600. The van der Waals surface area contributed by atoms with Crippen LogP contribution in [0.15, 0.2) is 24.3 Å². The Hall–Kier alpha value is -1.06. The van der Waals surface area contributed by atoms with E-state index in [9.17, 15) is 0 Å². The van der Waals surface area contributed by atoms with E-state index in [1.807, 2.05) is 12.1 Å². The van der Waals surface area contributed by atoms with Crippen LogP contribution in [0, 0.1) is 0 Å². The molecule has 0 bridgehead atoms. The first kappa shape index (κ1) is 13.4. The van der Waals surface area contributed by atoms with Gasteiger partial charge in [-0.25, -0.2) is 0 Å². The first-order valence-electron chi connectivity index (χ1n) is 6.70. The molecule has 1 heterocycles. The molecule has 0 aliphatic carbocycles. The van der Waals surface area contributed by atoms with Crippen molar-refractivity contribution in [1.82, 2.24) is 5.32 Å². The third-order valence-corrected chi connectivity index (χ3v) is 3.59. The maximum atomic E-state index is 5.57. The molecular formula is C15H23NO2. The molecule has 1 saturated heterocycles. The monoisotopic (exact) mass is 249 g/mol. The van der Waals surface area contributed by atoms with Crippen molar-refractivity contribution in [3.63, 3.8) is 0 Å². The average Bonchev–Trinajstić information content (AvgIpc) is 2.75. The highest BCUT2D eigenvalue weighted by Crippen LogP contribution is 2.20. The molecule has 1 aliphatic heterocycles. The van der Waals surface area contributed by atoms with Crippen LogP contribution in [0.2, 0.25) is 0 Å². The average molecular weight is 249 g/mol. The molecule has 18 heavy (non-hydrogen) atoms. The van der Waals surface area contributed by atoms with Gasteiger partial charge in [-0.15, -0.1) is 0 Å². The van der Waals surface area contributed by atoms with Crippen molar-refractivity contribution in [3.05, 3.63) is 29.8 Å². The van der Waals surface area contributed by atoms with Crippen molar-refractivity contribution in [1.29, 1.82) is 0 Å². The summed E-state index contributed by atoms with van der Waals surface area (Å²) in [6.45, 7) is 5.23. The van der Waals surface area contributed by atoms with Crippen molar-refractivity contribution in [2.75, 3.05) is 13.7 Å². The lowest BCUT2D eigenvalue weighted by Gasteiger charge is -2.22. The zero-order valence-electron chi connectivity index (χ0n) is 11.5. The number of methoxy groups -OCH3 is 1. The van der Waals surface area contributed by atoms with Crippen LogP contribution in [-0.2, 0) is 11.2 Å². The quantitative estimate of drug-likeness (QED) is 0.869. The zero-order valence-corrected chi connectivity index (χ0v) is 11.5. The van der Waals surface area contributed by atoms with E-state index in [1.54, 1.807) is 7.11 Å². The number of hydrogen-bond donors (Lipinski definition) is 1. The van der Waals surface area contributed by atoms with Gasteiger partial charge in [0.05, 0.1) is 13.2 Å². The van der Waals surface area contributed by atoms with E-state index >= 15 is 0 Å². The van der Waals surface area contributed by atoms with E-state index in [0.29, 0.717) is 18.2 Å². The van der Waals surface area contributed by atoms with E-state index in [0.717, 1.165) is 25.2 Å². The smallest absolute Gasteiger partial charge is 0.122 e.